The van der Waals surface area contributed by atoms with Crippen molar-refractivity contribution in [2.75, 3.05) is 19.7 Å². The number of thiazole rings is 1. The van der Waals surface area contributed by atoms with Gasteiger partial charge in [-0.1, -0.05) is 6.92 Å². The van der Waals surface area contributed by atoms with Crippen molar-refractivity contribution in [2.24, 2.45) is 5.92 Å². The maximum atomic E-state index is 12.7. The van der Waals surface area contributed by atoms with E-state index in [1.807, 2.05) is 23.1 Å². The number of aromatic nitrogens is 1. The van der Waals surface area contributed by atoms with Crippen LogP contribution in [0.25, 0.3) is 10.2 Å². The molecule has 1 saturated carbocycles. The summed E-state index contributed by atoms with van der Waals surface area (Å²) < 4.78 is 7.03. The molecule has 0 N–H and O–H groups in total. The van der Waals surface area contributed by atoms with Gasteiger partial charge in [0.2, 0.25) is 0 Å². The predicted octanol–water partition coefficient (Wildman–Crippen LogP) is 3.50. The first-order chi connectivity index (χ1) is 11.2. The van der Waals surface area contributed by atoms with Crippen molar-refractivity contribution in [1.82, 2.24) is 9.88 Å². The van der Waals surface area contributed by atoms with Crippen molar-refractivity contribution < 1.29 is 9.53 Å². The van der Waals surface area contributed by atoms with E-state index in [0.29, 0.717) is 0 Å². The molecule has 2 aromatic rings. The minimum atomic E-state index is 0.121. The second kappa shape index (κ2) is 6.21. The Bertz CT molecular complexity index is 723. The lowest BCUT2D eigenvalue weighted by atomic mass is 10.2. The van der Waals surface area contributed by atoms with Gasteiger partial charge in [0.15, 0.2) is 0 Å². The smallest absolute Gasteiger partial charge is 0.253 e. The van der Waals surface area contributed by atoms with Crippen LogP contribution in [-0.4, -0.2) is 41.6 Å². The number of carbonyl (C=O) groups is 1. The van der Waals surface area contributed by atoms with E-state index in [1.54, 1.807) is 11.3 Å². The van der Waals surface area contributed by atoms with Crippen LogP contribution in [0.5, 0.6) is 0 Å². The molecule has 1 aliphatic heterocycles. The minimum absolute atomic E-state index is 0.121. The molecule has 0 radical (unpaired) electrons. The summed E-state index contributed by atoms with van der Waals surface area (Å²) in [7, 11) is 0. The van der Waals surface area contributed by atoms with Crippen molar-refractivity contribution in [2.45, 2.75) is 38.7 Å². The number of hydrogen-bond acceptors (Lipinski definition) is 4. The van der Waals surface area contributed by atoms with Crippen molar-refractivity contribution in [1.29, 1.82) is 0 Å². The average Bonchev–Trinajstić information content (AvgIpc) is 3.12. The van der Waals surface area contributed by atoms with Gasteiger partial charge in [-0.3, -0.25) is 4.79 Å². The molecular weight excluding hydrogens is 308 g/mol. The second-order valence-electron chi connectivity index (χ2n) is 6.58. The van der Waals surface area contributed by atoms with E-state index < -0.39 is 0 Å². The summed E-state index contributed by atoms with van der Waals surface area (Å²) >= 11 is 1.68. The highest BCUT2D eigenvalue weighted by molar-refractivity contribution is 7.18. The zero-order valence-corrected chi connectivity index (χ0v) is 14.3. The van der Waals surface area contributed by atoms with E-state index in [1.165, 1.54) is 12.8 Å². The number of rotatable bonds is 5. The molecule has 23 heavy (non-hydrogen) atoms. The van der Waals surface area contributed by atoms with Crippen LogP contribution in [0.3, 0.4) is 0 Å². The van der Waals surface area contributed by atoms with Gasteiger partial charge in [0, 0.05) is 25.3 Å². The predicted molar refractivity (Wildman–Crippen MR) is 92.0 cm³/mol. The number of ether oxygens (including phenoxy) is 1. The highest BCUT2D eigenvalue weighted by Crippen LogP contribution is 2.30. The summed E-state index contributed by atoms with van der Waals surface area (Å²) in [6.07, 6.45) is 4.74. The minimum Gasteiger partial charge on any atom is -0.376 e. The zero-order chi connectivity index (χ0) is 15.8. The van der Waals surface area contributed by atoms with Gasteiger partial charge in [-0.2, -0.15) is 0 Å². The molecule has 2 fully saturated rings. The van der Waals surface area contributed by atoms with Crippen LogP contribution in [0.15, 0.2) is 18.2 Å². The van der Waals surface area contributed by atoms with Gasteiger partial charge in [0.05, 0.1) is 21.3 Å². The van der Waals surface area contributed by atoms with Gasteiger partial charge >= 0.3 is 0 Å². The first-order valence-electron chi connectivity index (χ1n) is 8.53. The number of benzene rings is 1. The van der Waals surface area contributed by atoms with Crippen LogP contribution < -0.4 is 0 Å². The van der Waals surface area contributed by atoms with Crippen LogP contribution >= 0.6 is 11.3 Å². The van der Waals surface area contributed by atoms with Gasteiger partial charge < -0.3 is 9.64 Å². The molecule has 0 spiro atoms. The molecule has 4 nitrogen and oxygen atoms in total. The average molecular weight is 330 g/mol. The lowest BCUT2D eigenvalue weighted by Gasteiger charge is -2.17. The Morgan fingerprint density at radius 3 is 3.04 bits per heavy atom. The van der Waals surface area contributed by atoms with Gasteiger partial charge in [0.25, 0.3) is 5.91 Å². The summed E-state index contributed by atoms with van der Waals surface area (Å²) in [6.45, 7) is 4.51. The summed E-state index contributed by atoms with van der Waals surface area (Å²) in [5.74, 6) is 0.900. The maximum absolute atomic E-state index is 12.7. The zero-order valence-electron chi connectivity index (χ0n) is 13.5. The molecule has 5 heteroatoms. The molecule has 0 bridgehead atoms. The number of aryl methyl sites for hydroxylation is 1. The fraction of sp³-hybridized carbons (Fsp3) is 0.556. The third-order valence-electron chi connectivity index (χ3n) is 4.68. The third-order valence-corrected chi connectivity index (χ3v) is 5.84. The quantitative estimate of drug-likeness (QED) is 0.842. The Labute approximate surface area is 140 Å². The monoisotopic (exact) mass is 330 g/mol. The second-order valence-corrected chi connectivity index (χ2v) is 7.70. The number of amides is 1. The van der Waals surface area contributed by atoms with Crippen molar-refractivity contribution >= 4 is 27.5 Å². The molecule has 1 saturated heterocycles. The molecule has 2 heterocycles. The first-order valence-corrected chi connectivity index (χ1v) is 9.35. The molecule has 1 aliphatic carbocycles. The lowest BCUT2D eigenvalue weighted by molar-refractivity contribution is 0.0480. The summed E-state index contributed by atoms with van der Waals surface area (Å²) in [4.78, 5) is 19.2. The number of fused-ring (bicyclic) bond motifs is 1. The highest BCUT2D eigenvalue weighted by Gasteiger charge is 2.30. The number of carbonyl (C=O) groups excluding carboxylic acids is 1. The number of nitrogens with zero attached hydrogens (tertiary/aromatic N) is 2. The Hall–Kier alpha value is -1.46. The van der Waals surface area contributed by atoms with E-state index >= 15 is 0 Å². The topological polar surface area (TPSA) is 42.4 Å². The first kappa shape index (κ1) is 15.1. The SMILES string of the molecule is CCc1nc2ccc(C(=O)N3CCC(OCC4CC4)C3)cc2s1. The van der Waals surface area contributed by atoms with Gasteiger partial charge in [-0.15, -0.1) is 11.3 Å². The van der Waals surface area contributed by atoms with E-state index in [2.05, 4.69) is 11.9 Å². The van der Waals surface area contributed by atoms with E-state index in [4.69, 9.17) is 4.74 Å². The maximum Gasteiger partial charge on any atom is 0.253 e. The summed E-state index contributed by atoms with van der Waals surface area (Å²) in [6, 6.07) is 5.87. The van der Waals surface area contributed by atoms with Gasteiger partial charge in [0.1, 0.15) is 0 Å². The number of likely N-dealkylation sites (tertiary alicyclic amines) is 1. The van der Waals surface area contributed by atoms with Gasteiger partial charge in [-0.25, -0.2) is 4.98 Å². The van der Waals surface area contributed by atoms with Crippen LogP contribution in [0.4, 0.5) is 0 Å². The molecular formula is C18H22N2O2S. The molecule has 122 valence electrons. The normalized spacial score (nSPS) is 21.3. The van der Waals surface area contributed by atoms with E-state index in [0.717, 1.165) is 59.2 Å². The van der Waals surface area contributed by atoms with Crippen molar-refractivity contribution in [3.63, 3.8) is 0 Å². The van der Waals surface area contributed by atoms with Crippen LogP contribution in [-0.2, 0) is 11.2 Å². The Balaban J connectivity index is 1.43. The molecule has 1 aromatic carbocycles. The molecule has 1 atom stereocenters. The Morgan fingerprint density at radius 2 is 2.26 bits per heavy atom. The Kier molecular flexibility index (Phi) is 4.07. The number of hydrogen-bond donors (Lipinski definition) is 0. The van der Waals surface area contributed by atoms with Crippen LogP contribution in [0.1, 0.15) is 41.6 Å². The molecule has 4 rings (SSSR count). The fourth-order valence-corrected chi connectivity index (χ4v) is 3.99. The van der Waals surface area contributed by atoms with Crippen LogP contribution in [0, 0.1) is 5.92 Å². The van der Waals surface area contributed by atoms with E-state index in [9.17, 15) is 4.79 Å². The largest absolute Gasteiger partial charge is 0.376 e. The van der Waals surface area contributed by atoms with Crippen LogP contribution in [0.2, 0.25) is 0 Å². The van der Waals surface area contributed by atoms with Gasteiger partial charge in [-0.05, 0) is 49.8 Å². The molecule has 1 unspecified atom stereocenters. The molecule has 1 aromatic heterocycles. The fourth-order valence-electron chi connectivity index (χ4n) is 3.04. The standard InChI is InChI=1S/C18H22N2O2S/c1-2-17-19-15-6-5-13(9-16(15)23-17)18(21)20-8-7-14(10-20)22-11-12-3-4-12/h5-6,9,12,14H,2-4,7-8,10-11H2,1H3. The van der Waals surface area contributed by atoms with Crippen molar-refractivity contribution in [3.8, 4) is 0 Å². The Morgan fingerprint density at radius 1 is 1.39 bits per heavy atom. The highest BCUT2D eigenvalue weighted by atomic mass is 32.1. The summed E-state index contributed by atoms with van der Waals surface area (Å²) in [5.41, 5.74) is 1.77. The molecule has 2 aliphatic rings. The van der Waals surface area contributed by atoms with E-state index in [-0.39, 0.29) is 12.0 Å². The summed E-state index contributed by atoms with van der Waals surface area (Å²) in [5, 5.41) is 1.12. The molecule has 1 amide bonds. The lowest BCUT2D eigenvalue weighted by Crippen LogP contribution is -2.30. The van der Waals surface area contributed by atoms with Crippen molar-refractivity contribution in [3.05, 3.63) is 28.8 Å². The third kappa shape index (κ3) is 3.26.